The van der Waals surface area contributed by atoms with Crippen molar-refractivity contribution in [2.24, 2.45) is 0 Å². The van der Waals surface area contributed by atoms with Gasteiger partial charge in [0.2, 0.25) is 0 Å². The van der Waals surface area contributed by atoms with Gasteiger partial charge in [0.25, 0.3) is 5.91 Å². The van der Waals surface area contributed by atoms with Crippen molar-refractivity contribution >= 4 is 17.3 Å². The van der Waals surface area contributed by atoms with Crippen LogP contribution in [-0.4, -0.2) is 28.9 Å². The van der Waals surface area contributed by atoms with Crippen molar-refractivity contribution in [3.63, 3.8) is 0 Å². The molecule has 1 amide bonds. The lowest BCUT2D eigenvalue weighted by Gasteiger charge is -2.16. The Morgan fingerprint density at radius 1 is 1.09 bits per heavy atom. The van der Waals surface area contributed by atoms with Crippen LogP contribution in [0.5, 0.6) is 0 Å². The van der Waals surface area contributed by atoms with E-state index < -0.39 is 0 Å². The maximum Gasteiger partial charge on any atom is 0.272 e. The van der Waals surface area contributed by atoms with Crippen LogP contribution < -0.4 is 5.32 Å². The first-order valence-corrected chi connectivity index (χ1v) is 8.15. The first-order valence-electron chi connectivity index (χ1n) is 8.15. The summed E-state index contributed by atoms with van der Waals surface area (Å²) in [5, 5.41) is 3.44. The van der Waals surface area contributed by atoms with E-state index in [1.165, 1.54) is 16.7 Å². The Morgan fingerprint density at radius 3 is 2.39 bits per heavy atom. The quantitative estimate of drug-likeness (QED) is 0.932. The number of likely N-dealkylation sites (tertiary alicyclic amines) is 1. The van der Waals surface area contributed by atoms with Gasteiger partial charge in [-0.05, 0) is 56.9 Å². The van der Waals surface area contributed by atoms with Crippen molar-refractivity contribution in [3.05, 3.63) is 52.8 Å². The fourth-order valence-corrected chi connectivity index (χ4v) is 3.23. The number of carbonyl (C=O) groups is 1. The first-order chi connectivity index (χ1) is 11.0. The van der Waals surface area contributed by atoms with Crippen molar-refractivity contribution in [1.29, 1.82) is 0 Å². The summed E-state index contributed by atoms with van der Waals surface area (Å²) in [4.78, 5) is 18.6. The zero-order chi connectivity index (χ0) is 16.4. The first kappa shape index (κ1) is 15.5. The molecule has 1 aliphatic rings. The second kappa shape index (κ2) is 6.41. The summed E-state index contributed by atoms with van der Waals surface area (Å²) in [7, 11) is 0. The summed E-state index contributed by atoms with van der Waals surface area (Å²) >= 11 is 0. The number of aromatic nitrogens is 1. The molecule has 1 fully saturated rings. The highest BCUT2D eigenvalue weighted by Gasteiger charge is 2.20. The number of nitrogens with zero attached hydrogens (tertiary/aromatic N) is 2. The number of nitrogens with one attached hydrogen (secondary N) is 1. The van der Waals surface area contributed by atoms with E-state index in [2.05, 4.69) is 43.2 Å². The summed E-state index contributed by atoms with van der Waals surface area (Å²) in [5.41, 5.74) is 6.17. The van der Waals surface area contributed by atoms with Crippen LogP contribution in [0.1, 0.15) is 40.0 Å². The van der Waals surface area contributed by atoms with Crippen LogP contribution in [0.25, 0.3) is 0 Å². The van der Waals surface area contributed by atoms with Crippen LogP contribution in [0.3, 0.4) is 0 Å². The van der Waals surface area contributed by atoms with E-state index in [0.29, 0.717) is 5.69 Å². The lowest BCUT2D eigenvalue weighted by atomic mass is 10.0. The minimum Gasteiger partial charge on any atom is -0.355 e. The maximum absolute atomic E-state index is 12.5. The highest BCUT2D eigenvalue weighted by molar-refractivity contribution is 5.93. The number of rotatable bonds is 3. The molecule has 23 heavy (non-hydrogen) atoms. The van der Waals surface area contributed by atoms with Crippen molar-refractivity contribution in [2.75, 3.05) is 18.4 Å². The van der Waals surface area contributed by atoms with Crippen molar-refractivity contribution in [2.45, 2.75) is 33.6 Å². The number of hydrogen-bond donors (Lipinski definition) is 1. The van der Waals surface area contributed by atoms with E-state index in [0.717, 1.165) is 37.3 Å². The third kappa shape index (κ3) is 3.36. The summed E-state index contributed by atoms with van der Waals surface area (Å²) in [5.74, 6) is 0.0310. The number of benzene rings is 1. The summed E-state index contributed by atoms with van der Waals surface area (Å²) in [6.07, 6.45) is 3.88. The molecule has 2 heterocycles. The predicted molar refractivity (Wildman–Crippen MR) is 93.3 cm³/mol. The van der Waals surface area contributed by atoms with Gasteiger partial charge >= 0.3 is 0 Å². The number of aryl methyl sites for hydroxylation is 3. The Hall–Kier alpha value is -2.36. The molecule has 1 N–H and O–H groups in total. The van der Waals surface area contributed by atoms with Crippen LogP contribution >= 0.6 is 0 Å². The molecule has 0 saturated carbocycles. The van der Waals surface area contributed by atoms with E-state index >= 15 is 0 Å². The zero-order valence-electron chi connectivity index (χ0n) is 14.0. The van der Waals surface area contributed by atoms with Gasteiger partial charge in [0, 0.05) is 30.7 Å². The van der Waals surface area contributed by atoms with Crippen molar-refractivity contribution in [3.8, 4) is 0 Å². The molecule has 0 bridgehead atoms. The van der Waals surface area contributed by atoms with Crippen LogP contribution in [0, 0.1) is 20.8 Å². The minimum atomic E-state index is 0.0310. The van der Waals surface area contributed by atoms with Gasteiger partial charge in [-0.1, -0.05) is 17.7 Å². The Labute approximate surface area is 137 Å². The van der Waals surface area contributed by atoms with E-state index in [1.807, 2.05) is 17.0 Å². The van der Waals surface area contributed by atoms with E-state index in [1.54, 1.807) is 6.20 Å². The van der Waals surface area contributed by atoms with Gasteiger partial charge in [-0.25, -0.2) is 0 Å². The lowest BCUT2D eigenvalue weighted by Crippen LogP contribution is -2.28. The predicted octanol–water partition coefficient (Wildman–Crippen LogP) is 3.99. The standard InChI is InChI=1S/C19H23N3O/c1-13-10-14(2)18(15(3)11-13)21-16-6-7-20-17(12-16)19(23)22-8-4-5-9-22/h6-7,10-12H,4-5,8-9H2,1-3H3,(H,20,21). The highest BCUT2D eigenvalue weighted by atomic mass is 16.2. The van der Waals surface area contributed by atoms with Gasteiger partial charge in [-0.15, -0.1) is 0 Å². The molecule has 1 aromatic heterocycles. The SMILES string of the molecule is Cc1cc(C)c(Nc2ccnc(C(=O)N3CCCC3)c2)c(C)c1. The molecule has 0 atom stereocenters. The van der Waals surface area contributed by atoms with Crippen molar-refractivity contribution in [1.82, 2.24) is 9.88 Å². The average Bonchev–Trinajstić information content (AvgIpc) is 3.05. The third-order valence-corrected chi connectivity index (χ3v) is 4.32. The van der Waals surface area contributed by atoms with E-state index in [9.17, 15) is 4.79 Å². The summed E-state index contributed by atoms with van der Waals surface area (Å²) < 4.78 is 0. The second-order valence-electron chi connectivity index (χ2n) is 6.33. The molecule has 120 valence electrons. The molecule has 0 radical (unpaired) electrons. The largest absolute Gasteiger partial charge is 0.355 e. The Morgan fingerprint density at radius 2 is 1.74 bits per heavy atom. The monoisotopic (exact) mass is 309 g/mol. The van der Waals surface area contributed by atoms with Crippen molar-refractivity contribution < 1.29 is 4.79 Å². The molecular weight excluding hydrogens is 286 g/mol. The average molecular weight is 309 g/mol. The minimum absolute atomic E-state index is 0.0310. The molecular formula is C19H23N3O. The summed E-state index contributed by atoms with van der Waals surface area (Å²) in [6.45, 7) is 7.98. The maximum atomic E-state index is 12.5. The van der Waals surface area contributed by atoms with Crippen LogP contribution in [0.15, 0.2) is 30.5 Å². The second-order valence-corrected chi connectivity index (χ2v) is 6.33. The van der Waals surface area contributed by atoms with Crippen LogP contribution in [0.4, 0.5) is 11.4 Å². The number of carbonyl (C=O) groups excluding carboxylic acids is 1. The normalized spacial score (nSPS) is 14.1. The topological polar surface area (TPSA) is 45.2 Å². The molecule has 0 aliphatic carbocycles. The number of pyridine rings is 1. The van der Waals surface area contributed by atoms with Gasteiger partial charge in [0.15, 0.2) is 0 Å². The van der Waals surface area contributed by atoms with Crippen LogP contribution in [0.2, 0.25) is 0 Å². The lowest BCUT2D eigenvalue weighted by molar-refractivity contribution is 0.0787. The zero-order valence-corrected chi connectivity index (χ0v) is 14.0. The number of hydrogen-bond acceptors (Lipinski definition) is 3. The van der Waals surface area contributed by atoms with Gasteiger partial charge < -0.3 is 10.2 Å². The molecule has 4 heteroatoms. The third-order valence-electron chi connectivity index (χ3n) is 4.32. The number of anilines is 2. The molecule has 0 unspecified atom stereocenters. The van der Waals surface area contributed by atoms with Crippen LogP contribution in [-0.2, 0) is 0 Å². The molecule has 0 spiro atoms. The number of amides is 1. The Bertz CT molecular complexity index is 710. The molecule has 1 saturated heterocycles. The van der Waals surface area contributed by atoms with Gasteiger partial charge in [-0.3, -0.25) is 9.78 Å². The van der Waals surface area contributed by atoms with Gasteiger partial charge in [-0.2, -0.15) is 0 Å². The molecule has 1 aromatic carbocycles. The fraction of sp³-hybridized carbons (Fsp3) is 0.368. The summed E-state index contributed by atoms with van der Waals surface area (Å²) in [6, 6.07) is 8.07. The highest BCUT2D eigenvalue weighted by Crippen LogP contribution is 2.26. The molecule has 4 nitrogen and oxygen atoms in total. The van der Waals surface area contributed by atoms with E-state index in [-0.39, 0.29) is 5.91 Å². The Balaban J connectivity index is 1.84. The van der Waals surface area contributed by atoms with Gasteiger partial charge in [0.1, 0.15) is 5.69 Å². The Kier molecular flexibility index (Phi) is 4.33. The molecule has 3 rings (SSSR count). The van der Waals surface area contributed by atoms with Gasteiger partial charge in [0.05, 0.1) is 0 Å². The smallest absolute Gasteiger partial charge is 0.272 e. The molecule has 1 aliphatic heterocycles. The fourth-order valence-electron chi connectivity index (χ4n) is 3.23. The van der Waals surface area contributed by atoms with E-state index in [4.69, 9.17) is 0 Å². The molecule has 2 aromatic rings.